The molecule has 1 heterocycles. The zero-order chi connectivity index (χ0) is 16.8. The summed E-state index contributed by atoms with van der Waals surface area (Å²) in [5, 5.41) is 6.57. The molecule has 0 aliphatic heterocycles. The third-order valence-electron chi connectivity index (χ3n) is 3.55. The van der Waals surface area contributed by atoms with Gasteiger partial charge in [-0.15, -0.1) is 35.3 Å². The molecule has 5 nitrogen and oxygen atoms in total. The van der Waals surface area contributed by atoms with Gasteiger partial charge in [0.15, 0.2) is 5.96 Å². The minimum Gasteiger partial charge on any atom is -0.496 e. The average Bonchev–Trinajstić information content (AvgIpc) is 2.93. The highest BCUT2D eigenvalue weighted by Crippen LogP contribution is 2.18. The van der Waals surface area contributed by atoms with Gasteiger partial charge in [0.1, 0.15) is 5.75 Å². The first-order valence-corrected chi connectivity index (χ1v) is 8.37. The Balaban J connectivity index is 0.00000288. The molecule has 1 N–H and O–H groups in total. The Morgan fingerprint density at radius 3 is 2.67 bits per heavy atom. The Bertz CT molecular complexity index is 687. The minimum absolute atomic E-state index is 0. The molecule has 7 heteroatoms. The summed E-state index contributed by atoms with van der Waals surface area (Å²) in [5.74, 6) is 1.76. The molecule has 0 aliphatic carbocycles. The van der Waals surface area contributed by atoms with E-state index in [1.165, 1.54) is 5.56 Å². The van der Waals surface area contributed by atoms with Crippen molar-refractivity contribution in [3.8, 4) is 5.75 Å². The SMILES string of the molecule is CN=C(NCc1ccc(OC)c(C)c1)N(C)Cc1csc(C)n1.I. The number of nitrogens with zero attached hydrogens (tertiary/aromatic N) is 3. The number of methoxy groups -OCH3 is 1. The quantitative estimate of drug-likeness (QED) is 0.421. The molecular weight excluding hydrogens is 435 g/mol. The van der Waals surface area contributed by atoms with Crippen LogP contribution in [0.3, 0.4) is 0 Å². The van der Waals surface area contributed by atoms with Gasteiger partial charge in [-0.1, -0.05) is 12.1 Å². The van der Waals surface area contributed by atoms with E-state index in [2.05, 4.69) is 37.7 Å². The molecule has 2 aromatic rings. The fourth-order valence-corrected chi connectivity index (χ4v) is 3.02. The number of aromatic nitrogens is 1. The number of thiazole rings is 1. The van der Waals surface area contributed by atoms with E-state index in [0.717, 1.165) is 41.1 Å². The number of hydrogen-bond donors (Lipinski definition) is 1. The molecule has 1 aromatic carbocycles. The molecule has 0 saturated heterocycles. The fourth-order valence-electron chi connectivity index (χ4n) is 2.42. The predicted octanol–water partition coefficient (Wildman–Crippen LogP) is 3.59. The van der Waals surface area contributed by atoms with Crippen molar-refractivity contribution in [2.24, 2.45) is 4.99 Å². The van der Waals surface area contributed by atoms with Crippen LogP contribution >= 0.6 is 35.3 Å². The normalized spacial score (nSPS) is 11.0. The average molecular weight is 460 g/mol. The van der Waals surface area contributed by atoms with E-state index in [1.54, 1.807) is 25.5 Å². The van der Waals surface area contributed by atoms with Crippen LogP contribution in [0.1, 0.15) is 21.8 Å². The molecule has 0 radical (unpaired) electrons. The maximum absolute atomic E-state index is 5.29. The topological polar surface area (TPSA) is 49.8 Å². The van der Waals surface area contributed by atoms with Crippen LogP contribution in [0.2, 0.25) is 0 Å². The van der Waals surface area contributed by atoms with Crippen molar-refractivity contribution in [2.45, 2.75) is 26.9 Å². The Labute approximate surface area is 165 Å². The number of aryl methyl sites for hydroxylation is 2. The molecule has 2 rings (SSSR count). The van der Waals surface area contributed by atoms with Crippen molar-refractivity contribution in [3.63, 3.8) is 0 Å². The lowest BCUT2D eigenvalue weighted by molar-refractivity contribution is 0.411. The lowest BCUT2D eigenvalue weighted by Gasteiger charge is -2.21. The summed E-state index contributed by atoms with van der Waals surface area (Å²) in [6.07, 6.45) is 0. The van der Waals surface area contributed by atoms with Crippen molar-refractivity contribution in [3.05, 3.63) is 45.4 Å². The third kappa shape index (κ3) is 5.62. The van der Waals surface area contributed by atoms with Gasteiger partial charge in [0.2, 0.25) is 0 Å². The standard InChI is InChI=1S/C17H24N4OS.HI/c1-12-8-14(6-7-16(12)22-5)9-19-17(18-3)21(4)10-15-11-23-13(2)20-15;/h6-8,11H,9-10H2,1-5H3,(H,18,19);1H. The molecule has 0 fully saturated rings. The maximum atomic E-state index is 5.29. The van der Waals surface area contributed by atoms with Crippen LogP contribution in [0.4, 0.5) is 0 Å². The van der Waals surface area contributed by atoms with Gasteiger partial charge in [-0.05, 0) is 31.0 Å². The van der Waals surface area contributed by atoms with Crippen LogP contribution in [0.25, 0.3) is 0 Å². The van der Waals surface area contributed by atoms with Gasteiger partial charge in [0.05, 0.1) is 24.4 Å². The van der Waals surface area contributed by atoms with Crippen LogP contribution in [0.5, 0.6) is 5.75 Å². The van der Waals surface area contributed by atoms with Crippen molar-refractivity contribution >= 4 is 41.3 Å². The molecular formula is C17H25IN4OS. The van der Waals surface area contributed by atoms with Crippen LogP contribution in [0.15, 0.2) is 28.6 Å². The molecule has 0 bridgehead atoms. The Kier molecular flexibility index (Phi) is 8.47. The Morgan fingerprint density at radius 2 is 2.12 bits per heavy atom. The first-order chi connectivity index (χ1) is 11.0. The van der Waals surface area contributed by atoms with Gasteiger partial charge in [-0.2, -0.15) is 0 Å². The number of halogens is 1. The molecule has 0 unspecified atom stereocenters. The van der Waals surface area contributed by atoms with Gasteiger partial charge < -0.3 is 15.0 Å². The van der Waals surface area contributed by atoms with Gasteiger partial charge in [0, 0.05) is 26.0 Å². The lowest BCUT2D eigenvalue weighted by atomic mass is 10.1. The summed E-state index contributed by atoms with van der Waals surface area (Å²) < 4.78 is 5.29. The molecule has 0 aliphatic rings. The van der Waals surface area contributed by atoms with E-state index in [-0.39, 0.29) is 24.0 Å². The smallest absolute Gasteiger partial charge is 0.194 e. The van der Waals surface area contributed by atoms with Crippen molar-refractivity contribution in [1.82, 2.24) is 15.2 Å². The van der Waals surface area contributed by atoms with Crippen molar-refractivity contribution < 1.29 is 4.74 Å². The number of rotatable bonds is 5. The molecule has 0 atom stereocenters. The Hall–Kier alpha value is -1.35. The predicted molar refractivity (Wildman–Crippen MR) is 112 cm³/mol. The van der Waals surface area contributed by atoms with E-state index in [9.17, 15) is 0 Å². The van der Waals surface area contributed by atoms with E-state index < -0.39 is 0 Å². The van der Waals surface area contributed by atoms with Gasteiger partial charge >= 0.3 is 0 Å². The van der Waals surface area contributed by atoms with Crippen molar-refractivity contribution in [2.75, 3.05) is 21.2 Å². The number of nitrogens with one attached hydrogen (secondary N) is 1. The molecule has 132 valence electrons. The monoisotopic (exact) mass is 460 g/mol. The summed E-state index contributed by atoms with van der Waals surface area (Å²) in [5.41, 5.74) is 3.40. The lowest BCUT2D eigenvalue weighted by Crippen LogP contribution is -2.38. The van der Waals surface area contributed by atoms with Crippen LogP contribution in [0, 0.1) is 13.8 Å². The number of aliphatic imine (C=N–C) groups is 1. The second-order valence-corrected chi connectivity index (χ2v) is 6.48. The molecule has 0 spiro atoms. The van der Waals surface area contributed by atoms with Crippen LogP contribution < -0.4 is 10.1 Å². The summed E-state index contributed by atoms with van der Waals surface area (Å²) in [7, 11) is 5.50. The second-order valence-electron chi connectivity index (χ2n) is 5.42. The number of benzene rings is 1. The summed E-state index contributed by atoms with van der Waals surface area (Å²) in [6, 6.07) is 6.19. The van der Waals surface area contributed by atoms with Crippen LogP contribution in [-0.2, 0) is 13.1 Å². The molecule has 24 heavy (non-hydrogen) atoms. The minimum atomic E-state index is 0. The molecule has 0 saturated carbocycles. The van der Waals surface area contributed by atoms with E-state index >= 15 is 0 Å². The van der Waals surface area contributed by atoms with E-state index in [0.29, 0.717) is 0 Å². The summed E-state index contributed by atoms with van der Waals surface area (Å²) >= 11 is 1.67. The highest BCUT2D eigenvalue weighted by Gasteiger charge is 2.09. The first-order valence-electron chi connectivity index (χ1n) is 7.49. The van der Waals surface area contributed by atoms with E-state index in [1.807, 2.05) is 27.0 Å². The molecule has 0 amide bonds. The molecule has 1 aromatic heterocycles. The number of ether oxygens (including phenoxy) is 1. The first kappa shape index (κ1) is 20.7. The summed E-state index contributed by atoms with van der Waals surface area (Å²) in [6.45, 7) is 5.53. The van der Waals surface area contributed by atoms with Crippen molar-refractivity contribution in [1.29, 1.82) is 0 Å². The largest absolute Gasteiger partial charge is 0.496 e. The van der Waals surface area contributed by atoms with Gasteiger partial charge in [0.25, 0.3) is 0 Å². The zero-order valence-corrected chi connectivity index (χ0v) is 17.9. The summed E-state index contributed by atoms with van der Waals surface area (Å²) in [4.78, 5) is 10.9. The highest BCUT2D eigenvalue weighted by atomic mass is 127. The number of guanidine groups is 1. The van der Waals surface area contributed by atoms with Gasteiger partial charge in [-0.3, -0.25) is 4.99 Å². The van der Waals surface area contributed by atoms with E-state index in [4.69, 9.17) is 4.74 Å². The highest BCUT2D eigenvalue weighted by molar-refractivity contribution is 14.0. The number of hydrogen-bond acceptors (Lipinski definition) is 4. The zero-order valence-electron chi connectivity index (χ0n) is 14.8. The maximum Gasteiger partial charge on any atom is 0.194 e. The second kappa shape index (κ2) is 9.83. The third-order valence-corrected chi connectivity index (χ3v) is 4.37. The Morgan fingerprint density at radius 1 is 1.38 bits per heavy atom. The van der Waals surface area contributed by atoms with Gasteiger partial charge in [-0.25, -0.2) is 4.98 Å². The van der Waals surface area contributed by atoms with Crippen LogP contribution in [-0.4, -0.2) is 37.0 Å². The fraction of sp³-hybridized carbons (Fsp3) is 0.412.